The molecule has 0 atom stereocenters. The molecule has 1 saturated heterocycles. The van der Waals surface area contributed by atoms with Crippen LogP contribution in [0.1, 0.15) is 35.2 Å². The smallest absolute Gasteiger partial charge is 0.264 e. The third-order valence-corrected chi connectivity index (χ3v) is 7.34. The summed E-state index contributed by atoms with van der Waals surface area (Å²) in [6.45, 7) is 0.902. The van der Waals surface area contributed by atoms with Gasteiger partial charge in [-0.2, -0.15) is 0 Å². The molecule has 2 aliphatic rings. The predicted molar refractivity (Wildman–Crippen MR) is 114 cm³/mol. The SMILES string of the molecule is O=C(NCCCN1C(=O)CCC1=O)c1cccc(S(=O)(=O)N2CCc3ccccc32)c1. The molecule has 3 amide bonds. The van der Waals surface area contributed by atoms with Crippen molar-refractivity contribution in [3.63, 3.8) is 0 Å². The largest absolute Gasteiger partial charge is 0.352 e. The molecule has 0 spiro atoms. The number of imide groups is 1. The molecule has 2 aromatic carbocycles. The van der Waals surface area contributed by atoms with Crippen molar-refractivity contribution in [2.45, 2.75) is 30.6 Å². The quantitative estimate of drug-likeness (QED) is 0.520. The van der Waals surface area contributed by atoms with Crippen LogP contribution in [0.15, 0.2) is 53.4 Å². The molecule has 9 heteroatoms. The molecule has 0 saturated carbocycles. The Hall–Kier alpha value is -3.20. The summed E-state index contributed by atoms with van der Waals surface area (Å²) in [5.74, 6) is -0.770. The maximum absolute atomic E-state index is 13.2. The Morgan fingerprint density at radius 3 is 2.48 bits per heavy atom. The number of fused-ring (bicyclic) bond motifs is 1. The highest BCUT2D eigenvalue weighted by atomic mass is 32.2. The lowest BCUT2D eigenvalue weighted by atomic mass is 10.2. The van der Waals surface area contributed by atoms with Crippen LogP contribution in [0.3, 0.4) is 0 Å². The Morgan fingerprint density at radius 1 is 0.968 bits per heavy atom. The number of carbonyl (C=O) groups excluding carboxylic acids is 3. The van der Waals surface area contributed by atoms with Gasteiger partial charge in [0.1, 0.15) is 0 Å². The topological polar surface area (TPSA) is 104 Å². The van der Waals surface area contributed by atoms with Crippen LogP contribution in [0.25, 0.3) is 0 Å². The third-order valence-electron chi connectivity index (χ3n) is 5.53. The van der Waals surface area contributed by atoms with Crippen LogP contribution in [-0.4, -0.2) is 50.7 Å². The maximum Gasteiger partial charge on any atom is 0.264 e. The third kappa shape index (κ3) is 4.18. The highest BCUT2D eigenvalue weighted by Gasteiger charge is 2.31. The van der Waals surface area contributed by atoms with Crippen LogP contribution in [0.4, 0.5) is 5.69 Å². The molecule has 0 aliphatic carbocycles. The minimum absolute atomic E-state index is 0.0603. The molecule has 2 aromatic rings. The summed E-state index contributed by atoms with van der Waals surface area (Å²) >= 11 is 0. The van der Waals surface area contributed by atoms with Gasteiger partial charge in [-0.05, 0) is 42.7 Å². The van der Waals surface area contributed by atoms with Gasteiger partial charge in [-0.3, -0.25) is 23.6 Å². The van der Waals surface area contributed by atoms with Crippen molar-refractivity contribution in [1.29, 1.82) is 0 Å². The summed E-state index contributed by atoms with van der Waals surface area (Å²) in [4.78, 5) is 37.0. The number of hydrogen-bond acceptors (Lipinski definition) is 5. The van der Waals surface area contributed by atoms with Gasteiger partial charge < -0.3 is 5.32 Å². The summed E-state index contributed by atoms with van der Waals surface area (Å²) in [6, 6.07) is 13.3. The van der Waals surface area contributed by atoms with Gasteiger partial charge >= 0.3 is 0 Å². The number of carbonyl (C=O) groups is 3. The molecule has 2 aliphatic heterocycles. The van der Waals surface area contributed by atoms with E-state index in [1.54, 1.807) is 24.3 Å². The summed E-state index contributed by atoms with van der Waals surface area (Å²) in [6.07, 6.45) is 1.57. The maximum atomic E-state index is 13.2. The number of amides is 3. The van der Waals surface area contributed by atoms with E-state index in [2.05, 4.69) is 5.32 Å². The first kappa shape index (κ1) is 21.0. The van der Waals surface area contributed by atoms with Crippen LogP contribution < -0.4 is 9.62 Å². The second-order valence-electron chi connectivity index (χ2n) is 7.53. The summed E-state index contributed by atoms with van der Waals surface area (Å²) in [5, 5.41) is 2.72. The fraction of sp³-hybridized carbons (Fsp3) is 0.318. The molecule has 0 bridgehead atoms. The fourth-order valence-electron chi connectivity index (χ4n) is 3.90. The zero-order valence-corrected chi connectivity index (χ0v) is 17.7. The van der Waals surface area contributed by atoms with Gasteiger partial charge in [0, 0.05) is 38.0 Å². The van der Waals surface area contributed by atoms with E-state index in [0.29, 0.717) is 25.1 Å². The highest BCUT2D eigenvalue weighted by molar-refractivity contribution is 7.92. The van der Waals surface area contributed by atoms with E-state index in [1.165, 1.54) is 21.3 Å². The van der Waals surface area contributed by atoms with E-state index in [0.717, 1.165) is 5.56 Å². The Kier molecular flexibility index (Phi) is 5.77. The number of nitrogens with zero attached hydrogens (tertiary/aromatic N) is 2. The van der Waals surface area contributed by atoms with Gasteiger partial charge in [-0.25, -0.2) is 8.42 Å². The minimum Gasteiger partial charge on any atom is -0.352 e. The molecule has 1 N–H and O–H groups in total. The predicted octanol–water partition coefficient (Wildman–Crippen LogP) is 1.71. The standard InChI is InChI=1S/C22H23N3O5S/c26-20-9-10-21(27)24(20)13-4-12-23-22(28)17-6-3-7-18(15-17)31(29,30)25-14-11-16-5-1-2-8-19(16)25/h1-3,5-8,15H,4,9-14H2,(H,23,28). The number of para-hydroxylation sites is 1. The van der Waals surface area contributed by atoms with Gasteiger partial charge in [-0.1, -0.05) is 24.3 Å². The lowest BCUT2D eigenvalue weighted by Crippen LogP contribution is -2.33. The molecule has 4 rings (SSSR count). The van der Waals surface area contributed by atoms with Crippen LogP contribution in [0.5, 0.6) is 0 Å². The second-order valence-corrected chi connectivity index (χ2v) is 9.39. The second kappa shape index (κ2) is 8.50. The number of likely N-dealkylation sites (tertiary alicyclic amines) is 1. The van der Waals surface area contributed by atoms with Crippen molar-refractivity contribution in [2.24, 2.45) is 0 Å². The Morgan fingerprint density at radius 2 is 1.71 bits per heavy atom. The van der Waals surface area contributed by atoms with Gasteiger partial charge in [0.05, 0.1) is 10.6 Å². The van der Waals surface area contributed by atoms with E-state index in [-0.39, 0.29) is 48.2 Å². The van der Waals surface area contributed by atoms with Gasteiger partial charge in [0.2, 0.25) is 11.8 Å². The van der Waals surface area contributed by atoms with Crippen molar-refractivity contribution < 1.29 is 22.8 Å². The number of sulfonamides is 1. The first-order valence-corrected chi connectivity index (χ1v) is 11.6. The zero-order valence-electron chi connectivity index (χ0n) is 16.9. The fourth-order valence-corrected chi connectivity index (χ4v) is 5.45. The van der Waals surface area contributed by atoms with Crippen molar-refractivity contribution >= 4 is 33.4 Å². The Balaban J connectivity index is 1.40. The molecular weight excluding hydrogens is 418 g/mol. The van der Waals surface area contributed by atoms with Gasteiger partial charge in [0.15, 0.2) is 0 Å². The first-order chi connectivity index (χ1) is 14.9. The molecule has 162 valence electrons. The molecule has 8 nitrogen and oxygen atoms in total. The number of rotatable bonds is 7. The Labute approximate surface area is 180 Å². The number of nitrogens with one attached hydrogen (secondary N) is 1. The molecule has 1 fully saturated rings. The van der Waals surface area contributed by atoms with Crippen molar-refractivity contribution in [3.8, 4) is 0 Å². The van der Waals surface area contributed by atoms with E-state index < -0.39 is 15.9 Å². The average molecular weight is 442 g/mol. The molecule has 31 heavy (non-hydrogen) atoms. The molecule has 0 aromatic heterocycles. The number of benzene rings is 2. The normalized spacial score (nSPS) is 16.0. The van der Waals surface area contributed by atoms with E-state index >= 15 is 0 Å². The summed E-state index contributed by atoms with van der Waals surface area (Å²) in [7, 11) is -3.78. The lowest BCUT2D eigenvalue weighted by molar-refractivity contribution is -0.138. The van der Waals surface area contributed by atoms with Crippen LogP contribution in [0.2, 0.25) is 0 Å². The highest BCUT2D eigenvalue weighted by Crippen LogP contribution is 2.32. The van der Waals surface area contributed by atoms with Gasteiger partial charge in [-0.15, -0.1) is 0 Å². The molecule has 0 unspecified atom stereocenters. The summed E-state index contributed by atoms with van der Waals surface area (Å²) < 4.78 is 27.7. The Bertz CT molecular complexity index is 1130. The zero-order chi connectivity index (χ0) is 22.0. The lowest BCUT2D eigenvalue weighted by Gasteiger charge is -2.20. The summed E-state index contributed by atoms with van der Waals surface area (Å²) in [5.41, 5.74) is 1.89. The van der Waals surface area contributed by atoms with Crippen molar-refractivity contribution in [2.75, 3.05) is 23.9 Å². The molecule has 2 heterocycles. The van der Waals surface area contributed by atoms with E-state index in [4.69, 9.17) is 0 Å². The first-order valence-electron chi connectivity index (χ1n) is 10.2. The molecule has 0 radical (unpaired) electrons. The van der Waals surface area contributed by atoms with Crippen LogP contribution in [-0.2, 0) is 26.0 Å². The van der Waals surface area contributed by atoms with Gasteiger partial charge in [0.25, 0.3) is 15.9 Å². The molecular formula is C22H23N3O5S. The van der Waals surface area contributed by atoms with E-state index in [9.17, 15) is 22.8 Å². The van der Waals surface area contributed by atoms with E-state index in [1.807, 2.05) is 12.1 Å². The number of hydrogen-bond donors (Lipinski definition) is 1. The average Bonchev–Trinajstić information content (AvgIpc) is 3.35. The van der Waals surface area contributed by atoms with Crippen LogP contribution >= 0.6 is 0 Å². The number of anilines is 1. The van der Waals surface area contributed by atoms with Crippen molar-refractivity contribution in [3.05, 3.63) is 59.7 Å². The monoisotopic (exact) mass is 441 g/mol. The van der Waals surface area contributed by atoms with Crippen molar-refractivity contribution in [1.82, 2.24) is 10.2 Å². The van der Waals surface area contributed by atoms with Crippen LogP contribution in [0, 0.1) is 0 Å². The minimum atomic E-state index is -3.78.